The van der Waals surface area contributed by atoms with Gasteiger partial charge in [-0.1, -0.05) is 12.8 Å². The van der Waals surface area contributed by atoms with E-state index in [9.17, 15) is 8.42 Å². The second-order valence-corrected chi connectivity index (χ2v) is 4.72. The first kappa shape index (κ1) is 8.51. The molecule has 0 aromatic carbocycles. The van der Waals surface area contributed by atoms with E-state index in [4.69, 9.17) is 0 Å². The number of hydrogen-bond acceptors (Lipinski definition) is 2. The van der Waals surface area contributed by atoms with Crippen LogP contribution in [-0.2, 0) is 10.9 Å². The highest BCUT2D eigenvalue weighted by Gasteiger charge is 2.35. The molecule has 2 aliphatic carbocycles. The maximum atomic E-state index is 10.9. The fraction of sp³-hybridized carbons (Fsp3) is 1.00. The van der Waals surface area contributed by atoms with Crippen molar-refractivity contribution in [2.75, 3.05) is 0 Å². The van der Waals surface area contributed by atoms with Crippen molar-refractivity contribution in [3.05, 3.63) is 0 Å². The van der Waals surface area contributed by atoms with Crippen molar-refractivity contribution in [3.8, 4) is 0 Å². The molecule has 70 valence electrons. The Kier molecular flexibility index (Phi) is 2.37. The molecule has 0 aromatic rings. The van der Waals surface area contributed by atoms with Gasteiger partial charge in [0.2, 0.25) is 10.9 Å². The SMILES string of the molecule is O=[SH](=O)N(C1CCC1)C1CCC1. The zero-order valence-corrected chi connectivity index (χ0v) is 8.00. The molecule has 2 rings (SSSR count). The largest absolute Gasteiger partial charge is 0.215 e. The fourth-order valence-electron chi connectivity index (χ4n) is 1.87. The van der Waals surface area contributed by atoms with Crippen molar-refractivity contribution < 1.29 is 8.42 Å². The van der Waals surface area contributed by atoms with Gasteiger partial charge < -0.3 is 0 Å². The average Bonchev–Trinajstić information content (AvgIpc) is 1.77. The molecule has 0 atom stereocenters. The molecule has 4 heteroatoms. The van der Waals surface area contributed by atoms with Gasteiger partial charge in [0.1, 0.15) is 0 Å². The number of rotatable bonds is 3. The number of thiol groups is 1. The Morgan fingerprint density at radius 1 is 0.917 bits per heavy atom. The lowest BCUT2D eigenvalue weighted by Gasteiger charge is -2.42. The molecule has 0 aromatic heterocycles. The molecule has 2 saturated carbocycles. The van der Waals surface area contributed by atoms with Crippen LogP contribution in [0.5, 0.6) is 0 Å². The molecule has 0 saturated heterocycles. The molecule has 0 N–H and O–H groups in total. The Hall–Kier alpha value is -0.0900. The van der Waals surface area contributed by atoms with Gasteiger partial charge in [0.25, 0.3) is 0 Å². The minimum Gasteiger partial charge on any atom is -0.215 e. The normalized spacial score (nSPS) is 25.8. The zero-order chi connectivity index (χ0) is 8.55. The molecule has 3 nitrogen and oxygen atoms in total. The summed E-state index contributed by atoms with van der Waals surface area (Å²) in [5.74, 6) is 0. The van der Waals surface area contributed by atoms with E-state index in [1.807, 2.05) is 0 Å². The third-order valence-electron chi connectivity index (χ3n) is 3.09. The minimum absolute atomic E-state index is 0.358. The predicted molar refractivity (Wildman–Crippen MR) is 47.4 cm³/mol. The van der Waals surface area contributed by atoms with Crippen molar-refractivity contribution in [3.63, 3.8) is 0 Å². The van der Waals surface area contributed by atoms with E-state index in [-0.39, 0.29) is 0 Å². The second-order valence-electron chi connectivity index (χ2n) is 3.79. The van der Waals surface area contributed by atoms with Crippen molar-refractivity contribution in [2.24, 2.45) is 0 Å². The summed E-state index contributed by atoms with van der Waals surface area (Å²) in [4.78, 5) is 0. The summed E-state index contributed by atoms with van der Waals surface area (Å²) in [6, 6.07) is 0.716. The summed E-state index contributed by atoms with van der Waals surface area (Å²) in [5.41, 5.74) is 0. The molecule has 0 heterocycles. The average molecular weight is 189 g/mol. The molecule has 0 spiro atoms. The minimum atomic E-state index is -2.32. The lowest BCUT2D eigenvalue weighted by atomic mass is 9.87. The van der Waals surface area contributed by atoms with E-state index in [0.29, 0.717) is 12.1 Å². The summed E-state index contributed by atoms with van der Waals surface area (Å²) < 4.78 is 23.6. The molecule has 0 bridgehead atoms. The van der Waals surface area contributed by atoms with Crippen LogP contribution in [0.1, 0.15) is 38.5 Å². The smallest absolute Gasteiger partial charge is 0.204 e. The summed E-state index contributed by atoms with van der Waals surface area (Å²) in [6.45, 7) is 0. The van der Waals surface area contributed by atoms with E-state index >= 15 is 0 Å². The molecular formula is C8H15NO2S. The van der Waals surface area contributed by atoms with Gasteiger partial charge in [-0.15, -0.1) is 0 Å². The maximum absolute atomic E-state index is 10.9. The Bertz CT molecular complexity index is 209. The molecule has 2 aliphatic rings. The van der Waals surface area contributed by atoms with Gasteiger partial charge in [-0.2, -0.15) is 4.31 Å². The second kappa shape index (κ2) is 3.34. The maximum Gasteiger partial charge on any atom is 0.204 e. The Morgan fingerprint density at radius 2 is 1.33 bits per heavy atom. The van der Waals surface area contributed by atoms with E-state index in [1.165, 1.54) is 12.8 Å². The van der Waals surface area contributed by atoms with Gasteiger partial charge in [-0.3, -0.25) is 0 Å². The van der Waals surface area contributed by atoms with Crippen LogP contribution >= 0.6 is 0 Å². The zero-order valence-electron chi connectivity index (χ0n) is 7.11. The summed E-state index contributed by atoms with van der Waals surface area (Å²) >= 11 is 0. The number of nitrogens with zero attached hydrogens (tertiary/aromatic N) is 1. The van der Waals surface area contributed by atoms with Crippen LogP contribution in [-0.4, -0.2) is 24.8 Å². The first-order valence-corrected chi connectivity index (χ1v) is 5.84. The van der Waals surface area contributed by atoms with E-state index in [2.05, 4.69) is 0 Å². The predicted octanol–water partition coefficient (Wildman–Crippen LogP) is 0.920. The van der Waals surface area contributed by atoms with E-state index in [1.54, 1.807) is 4.31 Å². The number of hydrogen-bond donors (Lipinski definition) is 1. The lowest BCUT2D eigenvalue weighted by Crippen LogP contribution is -2.48. The highest BCUT2D eigenvalue weighted by Crippen LogP contribution is 2.33. The van der Waals surface area contributed by atoms with Crippen LogP contribution in [0, 0.1) is 0 Å². The lowest BCUT2D eigenvalue weighted by molar-refractivity contribution is 0.128. The Morgan fingerprint density at radius 3 is 1.50 bits per heavy atom. The molecule has 0 unspecified atom stereocenters. The molecule has 2 fully saturated rings. The van der Waals surface area contributed by atoms with Gasteiger partial charge in [-0.05, 0) is 25.7 Å². The van der Waals surface area contributed by atoms with Gasteiger partial charge in [0.05, 0.1) is 0 Å². The quantitative estimate of drug-likeness (QED) is 0.670. The van der Waals surface area contributed by atoms with Crippen molar-refractivity contribution in [1.29, 1.82) is 0 Å². The van der Waals surface area contributed by atoms with Crippen molar-refractivity contribution in [2.45, 2.75) is 50.6 Å². The van der Waals surface area contributed by atoms with Gasteiger partial charge in [-0.25, -0.2) is 8.42 Å². The molecule has 0 amide bonds. The van der Waals surface area contributed by atoms with Gasteiger partial charge >= 0.3 is 0 Å². The van der Waals surface area contributed by atoms with Crippen LogP contribution in [0.4, 0.5) is 0 Å². The van der Waals surface area contributed by atoms with Gasteiger partial charge in [0.15, 0.2) is 0 Å². The van der Waals surface area contributed by atoms with Gasteiger partial charge in [0, 0.05) is 12.1 Å². The third kappa shape index (κ3) is 1.38. The topological polar surface area (TPSA) is 37.4 Å². The van der Waals surface area contributed by atoms with Crippen LogP contribution < -0.4 is 0 Å². The van der Waals surface area contributed by atoms with E-state index < -0.39 is 10.9 Å². The molecule has 0 aliphatic heterocycles. The summed E-state index contributed by atoms with van der Waals surface area (Å²) in [6.07, 6.45) is 6.74. The van der Waals surface area contributed by atoms with Crippen LogP contribution in [0.3, 0.4) is 0 Å². The monoisotopic (exact) mass is 189 g/mol. The van der Waals surface area contributed by atoms with Crippen molar-refractivity contribution >= 4 is 10.9 Å². The van der Waals surface area contributed by atoms with Crippen LogP contribution in [0.25, 0.3) is 0 Å². The molecule has 12 heavy (non-hydrogen) atoms. The van der Waals surface area contributed by atoms with Crippen molar-refractivity contribution in [1.82, 2.24) is 4.31 Å². The highest BCUT2D eigenvalue weighted by molar-refractivity contribution is 7.69. The molecule has 0 radical (unpaired) electrons. The first-order valence-electron chi connectivity index (χ1n) is 4.71. The Balaban J connectivity index is 2.00. The highest BCUT2D eigenvalue weighted by atomic mass is 32.2. The van der Waals surface area contributed by atoms with Crippen LogP contribution in [0.2, 0.25) is 0 Å². The third-order valence-corrected chi connectivity index (χ3v) is 4.12. The fourth-order valence-corrected chi connectivity index (χ4v) is 2.86. The summed E-state index contributed by atoms with van der Waals surface area (Å²) in [7, 11) is -2.32. The summed E-state index contributed by atoms with van der Waals surface area (Å²) in [5, 5.41) is 0. The van der Waals surface area contributed by atoms with Crippen LogP contribution in [0.15, 0.2) is 0 Å². The first-order chi connectivity index (χ1) is 5.79. The van der Waals surface area contributed by atoms with E-state index in [0.717, 1.165) is 25.7 Å². The standard InChI is InChI=1S/C8H15NO2S/c10-12(11)9(7-3-1-4-7)8-5-2-6-8/h7-8,12H,1-6H2. The Labute approximate surface area is 74.8 Å². The molecular weight excluding hydrogens is 174 g/mol.